The molecular formula is C8H10O2. The Morgan fingerprint density at radius 1 is 1.70 bits per heavy atom. The molecule has 2 heteroatoms. The number of aliphatic hydroxyl groups is 1. The van der Waals surface area contributed by atoms with E-state index in [1.54, 1.807) is 6.26 Å². The maximum atomic E-state index is 8.73. The first-order chi connectivity index (χ1) is 4.92. The van der Waals surface area contributed by atoms with Crippen LogP contribution in [0.5, 0.6) is 0 Å². The van der Waals surface area contributed by atoms with Crippen molar-refractivity contribution in [3.05, 3.63) is 24.2 Å². The van der Waals surface area contributed by atoms with E-state index in [-0.39, 0.29) is 0 Å². The molecule has 0 radical (unpaired) electrons. The molecule has 2 unspecified atom stereocenters. The fourth-order valence-electron chi connectivity index (χ4n) is 1.30. The second-order valence-electron chi connectivity index (χ2n) is 2.80. The molecule has 1 saturated carbocycles. The Balaban J connectivity index is 2.05. The van der Waals surface area contributed by atoms with Crippen molar-refractivity contribution in [2.75, 3.05) is 6.61 Å². The van der Waals surface area contributed by atoms with E-state index in [1.807, 2.05) is 12.1 Å². The van der Waals surface area contributed by atoms with Crippen molar-refractivity contribution in [3.8, 4) is 0 Å². The third-order valence-corrected chi connectivity index (χ3v) is 2.07. The predicted octanol–water partition coefficient (Wildman–Crippen LogP) is 1.38. The second-order valence-corrected chi connectivity index (χ2v) is 2.80. The van der Waals surface area contributed by atoms with Crippen LogP contribution in [0.1, 0.15) is 18.1 Å². The van der Waals surface area contributed by atoms with Crippen molar-refractivity contribution in [2.24, 2.45) is 5.92 Å². The topological polar surface area (TPSA) is 33.4 Å². The molecular weight excluding hydrogens is 128 g/mol. The minimum Gasteiger partial charge on any atom is -0.469 e. The molecule has 10 heavy (non-hydrogen) atoms. The molecule has 2 atom stereocenters. The summed E-state index contributed by atoms with van der Waals surface area (Å²) in [5.74, 6) is 1.99. The fraction of sp³-hybridized carbons (Fsp3) is 0.500. The molecule has 2 rings (SSSR count). The quantitative estimate of drug-likeness (QED) is 0.669. The summed E-state index contributed by atoms with van der Waals surface area (Å²) in [5, 5.41) is 8.73. The lowest BCUT2D eigenvalue weighted by molar-refractivity contribution is 0.271. The molecule has 1 aliphatic carbocycles. The van der Waals surface area contributed by atoms with Crippen molar-refractivity contribution in [1.82, 2.24) is 0 Å². The number of aliphatic hydroxyl groups excluding tert-OH is 1. The van der Waals surface area contributed by atoms with Crippen LogP contribution in [0.4, 0.5) is 0 Å². The van der Waals surface area contributed by atoms with Crippen LogP contribution in [-0.4, -0.2) is 11.7 Å². The van der Waals surface area contributed by atoms with E-state index < -0.39 is 0 Å². The van der Waals surface area contributed by atoms with Gasteiger partial charge in [0.1, 0.15) is 5.76 Å². The summed E-state index contributed by atoms with van der Waals surface area (Å²) < 4.78 is 5.18. The van der Waals surface area contributed by atoms with Gasteiger partial charge in [-0.1, -0.05) is 0 Å². The summed E-state index contributed by atoms with van der Waals surface area (Å²) in [5.41, 5.74) is 0. The summed E-state index contributed by atoms with van der Waals surface area (Å²) in [6, 6.07) is 3.86. The van der Waals surface area contributed by atoms with E-state index in [2.05, 4.69) is 0 Å². The number of hydrogen-bond donors (Lipinski definition) is 1. The first-order valence-corrected chi connectivity index (χ1v) is 3.56. The SMILES string of the molecule is OCC1CC1c1ccco1. The number of furan rings is 1. The highest BCUT2D eigenvalue weighted by Crippen LogP contribution is 2.46. The van der Waals surface area contributed by atoms with Crippen molar-refractivity contribution in [1.29, 1.82) is 0 Å². The Bertz CT molecular complexity index is 203. The Morgan fingerprint density at radius 3 is 3.10 bits per heavy atom. The van der Waals surface area contributed by atoms with Gasteiger partial charge in [0.25, 0.3) is 0 Å². The molecule has 1 aromatic rings. The van der Waals surface area contributed by atoms with E-state index in [4.69, 9.17) is 9.52 Å². The van der Waals surface area contributed by atoms with Gasteiger partial charge < -0.3 is 9.52 Å². The van der Waals surface area contributed by atoms with Gasteiger partial charge in [-0.15, -0.1) is 0 Å². The summed E-state index contributed by atoms with van der Waals surface area (Å²) in [4.78, 5) is 0. The summed E-state index contributed by atoms with van der Waals surface area (Å²) >= 11 is 0. The van der Waals surface area contributed by atoms with Crippen LogP contribution >= 0.6 is 0 Å². The predicted molar refractivity (Wildman–Crippen MR) is 36.6 cm³/mol. The van der Waals surface area contributed by atoms with Gasteiger partial charge in [-0.3, -0.25) is 0 Å². The molecule has 1 aliphatic rings. The molecule has 1 aromatic heterocycles. The molecule has 1 fully saturated rings. The van der Waals surface area contributed by atoms with E-state index in [0.29, 0.717) is 18.4 Å². The first-order valence-electron chi connectivity index (χ1n) is 3.56. The maximum absolute atomic E-state index is 8.73. The van der Waals surface area contributed by atoms with Crippen LogP contribution in [0, 0.1) is 5.92 Å². The largest absolute Gasteiger partial charge is 0.469 e. The smallest absolute Gasteiger partial charge is 0.107 e. The zero-order chi connectivity index (χ0) is 6.97. The average Bonchev–Trinajstić information content (AvgIpc) is 2.56. The highest BCUT2D eigenvalue weighted by molar-refractivity contribution is 5.14. The van der Waals surface area contributed by atoms with Crippen molar-refractivity contribution >= 4 is 0 Å². The monoisotopic (exact) mass is 138 g/mol. The van der Waals surface area contributed by atoms with Gasteiger partial charge in [0.2, 0.25) is 0 Å². The maximum Gasteiger partial charge on any atom is 0.107 e. The van der Waals surface area contributed by atoms with Gasteiger partial charge in [0.15, 0.2) is 0 Å². The van der Waals surface area contributed by atoms with Crippen molar-refractivity contribution in [2.45, 2.75) is 12.3 Å². The molecule has 0 spiro atoms. The molecule has 54 valence electrons. The molecule has 0 bridgehead atoms. The lowest BCUT2D eigenvalue weighted by Crippen LogP contribution is -1.86. The summed E-state index contributed by atoms with van der Waals surface area (Å²) in [7, 11) is 0. The van der Waals surface area contributed by atoms with Gasteiger partial charge in [0, 0.05) is 12.5 Å². The summed E-state index contributed by atoms with van der Waals surface area (Å²) in [6.45, 7) is 0.297. The fourth-order valence-corrected chi connectivity index (χ4v) is 1.30. The average molecular weight is 138 g/mol. The van der Waals surface area contributed by atoms with Crippen LogP contribution in [-0.2, 0) is 0 Å². The number of hydrogen-bond acceptors (Lipinski definition) is 2. The molecule has 0 saturated heterocycles. The van der Waals surface area contributed by atoms with E-state index in [1.165, 1.54) is 0 Å². The minimum atomic E-state index is 0.297. The Kier molecular flexibility index (Phi) is 1.27. The van der Waals surface area contributed by atoms with Crippen molar-refractivity contribution in [3.63, 3.8) is 0 Å². The van der Waals surface area contributed by atoms with Gasteiger partial charge in [-0.2, -0.15) is 0 Å². The molecule has 0 amide bonds. The van der Waals surface area contributed by atoms with E-state index >= 15 is 0 Å². The molecule has 0 aliphatic heterocycles. The Morgan fingerprint density at radius 2 is 2.60 bits per heavy atom. The molecule has 1 N–H and O–H groups in total. The van der Waals surface area contributed by atoms with Gasteiger partial charge in [-0.25, -0.2) is 0 Å². The van der Waals surface area contributed by atoms with Crippen LogP contribution in [0.25, 0.3) is 0 Å². The van der Waals surface area contributed by atoms with Gasteiger partial charge >= 0.3 is 0 Å². The molecule has 1 heterocycles. The second kappa shape index (κ2) is 2.13. The molecule has 0 aromatic carbocycles. The molecule has 2 nitrogen and oxygen atoms in total. The highest BCUT2D eigenvalue weighted by Gasteiger charge is 2.39. The lowest BCUT2D eigenvalue weighted by Gasteiger charge is -1.89. The zero-order valence-corrected chi connectivity index (χ0v) is 5.66. The van der Waals surface area contributed by atoms with Crippen LogP contribution in [0.15, 0.2) is 22.8 Å². The van der Waals surface area contributed by atoms with Crippen LogP contribution in [0.3, 0.4) is 0 Å². The third kappa shape index (κ3) is 0.847. The first kappa shape index (κ1) is 5.98. The Hall–Kier alpha value is -0.760. The summed E-state index contributed by atoms with van der Waals surface area (Å²) in [6.07, 6.45) is 2.77. The minimum absolute atomic E-state index is 0.297. The van der Waals surface area contributed by atoms with Crippen LogP contribution < -0.4 is 0 Å². The van der Waals surface area contributed by atoms with Crippen molar-refractivity contribution < 1.29 is 9.52 Å². The number of rotatable bonds is 2. The van der Waals surface area contributed by atoms with Gasteiger partial charge in [0.05, 0.1) is 6.26 Å². The van der Waals surface area contributed by atoms with Crippen LogP contribution in [0.2, 0.25) is 0 Å². The van der Waals surface area contributed by atoms with E-state index in [9.17, 15) is 0 Å². The third-order valence-electron chi connectivity index (χ3n) is 2.07. The van der Waals surface area contributed by atoms with E-state index in [0.717, 1.165) is 12.2 Å². The normalized spacial score (nSPS) is 30.5. The van der Waals surface area contributed by atoms with Gasteiger partial charge in [-0.05, 0) is 24.5 Å². The zero-order valence-electron chi connectivity index (χ0n) is 5.66. The lowest BCUT2D eigenvalue weighted by atomic mass is 10.2. The highest BCUT2D eigenvalue weighted by atomic mass is 16.3. The standard InChI is InChI=1S/C8H10O2/c9-5-6-4-7(6)8-2-1-3-10-8/h1-3,6-7,9H,4-5H2. The Labute approximate surface area is 59.5 Å².